The Morgan fingerprint density at radius 1 is 0.614 bits per heavy atom. The zero-order valence-electron chi connectivity index (χ0n) is 34.9. The van der Waals surface area contributed by atoms with Crippen molar-refractivity contribution in [3.63, 3.8) is 0 Å². The Hall–Kier alpha value is -7.60. The summed E-state index contributed by atoms with van der Waals surface area (Å²) in [5.41, 5.74) is -6.39. The molecule has 6 aromatic rings. The molecular formula is C37H32N8O21S4. The van der Waals surface area contributed by atoms with E-state index in [1.54, 1.807) is 0 Å². The zero-order valence-corrected chi connectivity index (χ0v) is 38.2. The van der Waals surface area contributed by atoms with Gasteiger partial charge < -0.3 is 34.6 Å². The number of aliphatic hydroxyl groups excluding tert-OH is 2. The standard InChI is InChI=1S/C37H32N8O21S4/c1-64-19-4-8-23(29(14-19)68(55,56)57)38-40-25-16-28(66-13-11-47)26(17-27(25)65-12-10-46)41-42-31-30(69(58,59)60)15-22-21(34(31)48)7-9-24(35(22)70(61,62)63)39-43-32-33(37(50)51)44-45(36(32)49)18-2-5-20(6-3-18)67(52,53)54/h2-9,14-17,44,46-48H,10-13H2,1H3,(H,50,51)(H,52,53,54)(H,55,56,57)(H,58,59,60)(H,61,62,63). The maximum absolute atomic E-state index is 13.3. The molecule has 0 radical (unpaired) electrons. The Bertz CT molecular complexity index is 3690. The number of aromatic hydroxyl groups is 1. The van der Waals surface area contributed by atoms with Gasteiger partial charge in [-0.15, -0.1) is 30.7 Å². The fraction of sp³-hybridized carbons (Fsp3) is 0.135. The van der Waals surface area contributed by atoms with Crippen molar-refractivity contribution in [2.75, 3.05) is 33.5 Å². The molecule has 29 nitrogen and oxygen atoms in total. The fourth-order valence-electron chi connectivity index (χ4n) is 6.11. The summed E-state index contributed by atoms with van der Waals surface area (Å²) in [6.45, 7) is -2.03. The number of phenolic OH excluding ortho intramolecular Hbond substituents is 1. The maximum Gasteiger partial charge on any atom is 0.356 e. The van der Waals surface area contributed by atoms with Crippen molar-refractivity contribution in [2.24, 2.45) is 30.7 Å². The molecule has 0 amide bonds. The monoisotopic (exact) mass is 1050 g/mol. The lowest BCUT2D eigenvalue weighted by atomic mass is 10.1. The highest BCUT2D eigenvalue weighted by molar-refractivity contribution is 7.87. The molecule has 0 atom stereocenters. The number of nitrogens with zero attached hydrogens (tertiary/aromatic N) is 7. The number of aliphatic hydroxyl groups is 2. The van der Waals surface area contributed by atoms with Crippen LogP contribution in [0.25, 0.3) is 16.5 Å². The van der Waals surface area contributed by atoms with Crippen LogP contribution in [0.15, 0.2) is 128 Å². The number of fused-ring (bicyclic) bond motifs is 1. The van der Waals surface area contributed by atoms with E-state index >= 15 is 0 Å². The number of aromatic carboxylic acids is 1. The van der Waals surface area contributed by atoms with Gasteiger partial charge in [0.2, 0.25) is 0 Å². The molecule has 0 spiro atoms. The Morgan fingerprint density at radius 3 is 1.66 bits per heavy atom. The van der Waals surface area contributed by atoms with Crippen LogP contribution in [0.4, 0.5) is 34.1 Å². The number of rotatable bonds is 19. The molecule has 0 unspecified atom stereocenters. The number of carbonyl (C=O) groups is 1. The Kier molecular flexibility index (Phi) is 14.9. The molecule has 6 rings (SSSR count). The van der Waals surface area contributed by atoms with Crippen molar-refractivity contribution in [1.82, 2.24) is 9.78 Å². The number of carboxylic acids is 1. The number of phenols is 1. The Balaban J connectivity index is 1.49. The van der Waals surface area contributed by atoms with Crippen LogP contribution in [0.1, 0.15) is 10.5 Å². The lowest BCUT2D eigenvalue weighted by Crippen LogP contribution is -2.14. The summed E-state index contributed by atoms with van der Waals surface area (Å²) in [6.07, 6.45) is 0. The topological polar surface area (TPSA) is 455 Å². The van der Waals surface area contributed by atoms with Gasteiger partial charge in [-0.1, -0.05) is 0 Å². The second-order valence-electron chi connectivity index (χ2n) is 13.6. The number of aromatic amines is 1. The van der Waals surface area contributed by atoms with Crippen LogP contribution in [0.5, 0.6) is 23.0 Å². The minimum atomic E-state index is -5.57. The Labute approximate surface area is 392 Å². The number of benzene rings is 5. The molecule has 0 saturated heterocycles. The predicted octanol–water partition coefficient (Wildman–Crippen LogP) is 4.71. The van der Waals surface area contributed by atoms with E-state index < -0.39 is 143 Å². The van der Waals surface area contributed by atoms with E-state index in [4.69, 9.17) is 14.2 Å². The molecule has 70 heavy (non-hydrogen) atoms. The van der Waals surface area contributed by atoms with E-state index in [-0.39, 0.29) is 34.3 Å². The molecule has 0 saturated carbocycles. The largest absolute Gasteiger partial charge is 0.505 e. The van der Waals surface area contributed by atoms with Crippen molar-refractivity contribution < 1.29 is 91.3 Å². The number of ether oxygens (including phenoxy) is 3. The lowest BCUT2D eigenvalue weighted by molar-refractivity contribution is 0.0690. The molecule has 0 aliphatic carbocycles. The van der Waals surface area contributed by atoms with Gasteiger partial charge in [0, 0.05) is 29.0 Å². The van der Waals surface area contributed by atoms with Crippen LogP contribution >= 0.6 is 0 Å². The summed E-state index contributed by atoms with van der Waals surface area (Å²) in [7, 11) is -19.5. The van der Waals surface area contributed by atoms with Gasteiger partial charge in [0.25, 0.3) is 46.0 Å². The van der Waals surface area contributed by atoms with E-state index in [0.717, 1.165) is 60.7 Å². The molecule has 33 heteroatoms. The van der Waals surface area contributed by atoms with Gasteiger partial charge in [0.05, 0.1) is 30.9 Å². The van der Waals surface area contributed by atoms with Gasteiger partial charge in [-0.3, -0.25) is 28.1 Å². The van der Waals surface area contributed by atoms with Crippen LogP contribution < -0.4 is 19.8 Å². The van der Waals surface area contributed by atoms with Crippen LogP contribution in [-0.4, -0.2) is 122 Å². The van der Waals surface area contributed by atoms with Crippen molar-refractivity contribution >= 4 is 91.3 Å². The van der Waals surface area contributed by atoms with Gasteiger partial charge in [0.15, 0.2) is 17.1 Å². The van der Waals surface area contributed by atoms with Gasteiger partial charge in [0.1, 0.15) is 73.6 Å². The van der Waals surface area contributed by atoms with Crippen molar-refractivity contribution in [3.05, 3.63) is 88.8 Å². The number of methoxy groups -OCH3 is 1. The highest BCUT2D eigenvalue weighted by Crippen LogP contribution is 2.47. The predicted molar refractivity (Wildman–Crippen MR) is 235 cm³/mol. The van der Waals surface area contributed by atoms with Gasteiger partial charge in [-0.2, -0.15) is 33.7 Å². The second-order valence-corrected chi connectivity index (χ2v) is 19.2. The number of hydrogen-bond acceptors (Lipinski definition) is 22. The molecule has 1 heterocycles. The third-order valence-electron chi connectivity index (χ3n) is 9.14. The van der Waals surface area contributed by atoms with Crippen molar-refractivity contribution in [3.8, 4) is 28.7 Å². The molecule has 9 N–H and O–H groups in total. The molecule has 0 bridgehead atoms. The highest BCUT2D eigenvalue weighted by atomic mass is 32.2. The first-order valence-corrected chi connectivity index (χ1v) is 24.5. The minimum Gasteiger partial charge on any atom is -0.505 e. The van der Waals surface area contributed by atoms with Crippen LogP contribution in [0, 0.1) is 0 Å². The van der Waals surface area contributed by atoms with E-state index in [1.807, 2.05) is 0 Å². The molecule has 0 aliphatic heterocycles. The number of azo groups is 3. The number of H-pyrrole nitrogens is 1. The summed E-state index contributed by atoms with van der Waals surface area (Å²) in [6, 6.07) is 11.3. The normalized spacial score (nSPS) is 12.7. The average Bonchev–Trinajstić information content (AvgIpc) is 3.62. The molecule has 0 aliphatic rings. The first kappa shape index (κ1) is 51.8. The molecule has 370 valence electrons. The molecule has 0 fully saturated rings. The summed E-state index contributed by atoms with van der Waals surface area (Å²) in [5.74, 6) is -3.60. The zero-order chi connectivity index (χ0) is 51.5. The smallest absolute Gasteiger partial charge is 0.356 e. The third-order valence-corrected chi connectivity index (χ3v) is 12.7. The summed E-state index contributed by atoms with van der Waals surface area (Å²) in [4.78, 5) is 21.5. The highest BCUT2D eigenvalue weighted by Gasteiger charge is 2.29. The van der Waals surface area contributed by atoms with Gasteiger partial charge >= 0.3 is 5.97 Å². The second kappa shape index (κ2) is 20.2. The Morgan fingerprint density at radius 2 is 1.14 bits per heavy atom. The van der Waals surface area contributed by atoms with E-state index in [1.165, 1.54) is 13.2 Å². The van der Waals surface area contributed by atoms with E-state index in [2.05, 4.69) is 35.8 Å². The van der Waals surface area contributed by atoms with Crippen LogP contribution in [0.3, 0.4) is 0 Å². The van der Waals surface area contributed by atoms with E-state index in [0.29, 0.717) is 10.7 Å². The van der Waals surface area contributed by atoms with Gasteiger partial charge in [-0.05, 0) is 54.6 Å². The first-order chi connectivity index (χ1) is 32.8. The quantitative estimate of drug-likeness (QED) is 0.0392. The molecule has 5 aromatic carbocycles. The number of carboxylic acid groups (broad SMARTS) is 1. The van der Waals surface area contributed by atoms with Gasteiger partial charge in [-0.25, -0.2) is 9.48 Å². The number of nitrogens with one attached hydrogen (secondary N) is 1. The van der Waals surface area contributed by atoms with Crippen molar-refractivity contribution in [2.45, 2.75) is 19.6 Å². The first-order valence-electron chi connectivity index (χ1n) is 18.8. The summed E-state index contributed by atoms with van der Waals surface area (Å²) >= 11 is 0. The molecule has 1 aromatic heterocycles. The maximum atomic E-state index is 13.3. The van der Waals surface area contributed by atoms with E-state index in [9.17, 15) is 81.9 Å². The number of aromatic nitrogens is 2. The van der Waals surface area contributed by atoms with Crippen LogP contribution in [-0.2, 0) is 40.5 Å². The van der Waals surface area contributed by atoms with Crippen LogP contribution in [0.2, 0.25) is 0 Å². The fourth-order valence-corrected chi connectivity index (χ4v) is 8.69. The lowest BCUT2D eigenvalue weighted by Gasteiger charge is -2.14. The average molecular weight is 1050 g/mol. The SMILES string of the molecule is COc1ccc(N=Nc2cc(OCCO)c(N=Nc3c(S(=O)(=O)O)cc4c(S(=O)(=O)O)c(N=Nc5c(C(=O)O)[nH]n(-c6ccc(S(=O)(=O)O)cc6)c5=O)ccc4c3O)cc2OCCO)c(S(=O)(=O)O)c1. The summed E-state index contributed by atoms with van der Waals surface area (Å²) in [5, 5.41) is 63.7. The minimum absolute atomic E-state index is 0.0307. The number of hydrogen-bond donors (Lipinski definition) is 9. The summed E-state index contributed by atoms with van der Waals surface area (Å²) < 4.78 is 155. The van der Waals surface area contributed by atoms with Crippen molar-refractivity contribution in [1.29, 1.82) is 0 Å². The molecular weight excluding hydrogens is 1020 g/mol. The third kappa shape index (κ3) is 11.3.